The van der Waals surface area contributed by atoms with E-state index in [0.29, 0.717) is 11.5 Å². The Hall–Kier alpha value is -2.75. The maximum absolute atomic E-state index is 11.2. The van der Waals surface area contributed by atoms with Gasteiger partial charge in [-0.3, -0.25) is 0 Å². The Morgan fingerprint density at radius 1 is 1.17 bits per heavy atom. The van der Waals surface area contributed by atoms with Gasteiger partial charge in [-0.25, -0.2) is 4.79 Å². The number of nitrogens with zero attached hydrogens (tertiary/aromatic N) is 4. The quantitative estimate of drug-likeness (QED) is 0.601. The molecule has 24 heavy (non-hydrogen) atoms. The van der Waals surface area contributed by atoms with E-state index in [-0.39, 0.29) is 5.56 Å². The Morgan fingerprint density at radius 3 is 2.67 bits per heavy atom. The van der Waals surface area contributed by atoms with E-state index in [1.807, 2.05) is 24.3 Å². The summed E-state index contributed by atoms with van der Waals surface area (Å²) in [6.45, 7) is 0. The zero-order chi connectivity index (χ0) is 16.9. The lowest BCUT2D eigenvalue weighted by Gasteiger charge is -2.05. The molecule has 0 bridgehead atoms. The van der Waals surface area contributed by atoms with E-state index in [1.54, 1.807) is 35.2 Å². The number of carboxylic acid groups (broad SMARTS) is 1. The number of benzene rings is 2. The van der Waals surface area contributed by atoms with Gasteiger partial charge in [0.25, 0.3) is 0 Å². The first kappa shape index (κ1) is 16.1. The summed E-state index contributed by atoms with van der Waals surface area (Å²) in [5.41, 5.74) is 1.53. The Morgan fingerprint density at radius 2 is 1.92 bits per heavy atom. The fourth-order valence-electron chi connectivity index (χ4n) is 2.07. The summed E-state index contributed by atoms with van der Waals surface area (Å²) in [5, 5.41) is 23.7. The average Bonchev–Trinajstić information content (AvgIpc) is 3.04. The fourth-order valence-corrected chi connectivity index (χ4v) is 2.43. The molecular weight excluding hydrogens is 421 g/mol. The molecule has 1 aromatic heterocycles. The highest BCUT2D eigenvalue weighted by Gasteiger charge is 2.08. The van der Waals surface area contributed by atoms with Crippen LogP contribution >= 0.6 is 22.6 Å². The number of para-hydroxylation sites is 1. The molecule has 120 valence electrons. The summed E-state index contributed by atoms with van der Waals surface area (Å²) in [6, 6.07) is 14.4. The molecular formula is C16H12IN5O2. The second-order valence-corrected chi connectivity index (χ2v) is 6.00. The largest absolute Gasteiger partial charge is 0.478 e. The molecule has 0 aliphatic carbocycles. The van der Waals surface area contributed by atoms with Gasteiger partial charge in [-0.1, -0.05) is 12.1 Å². The number of nitrogens with one attached hydrogen (secondary N) is 1. The number of rotatable bonds is 5. The normalized spacial score (nSPS) is 10.9. The molecule has 0 spiro atoms. The van der Waals surface area contributed by atoms with E-state index in [4.69, 9.17) is 5.11 Å². The number of tetrazole rings is 1. The van der Waals surface area contributed by atoms with Gasteiger partial charge in [-0.15, -0.1) is 5.10 Å². The van der Waals surface area contributed by atoms with Crippen LogP contribution in [0.4, 0.5) is 5.69 Å². The van der Waals surface area contributed by atoms with E-state index < -0.39 is 5.97 Å². The van der Waals surface area contributed by atoms with E-state index in [9.17, 15) is 4.79 Å². The van der Waals surface area contributed by atoms with Crippen LogP contribution in [-0.2, 0) is 0 Å². The first-order valence-corrected chi connectivity index (χ1v) is 8.03. The summed E-state index contributed by atoms with van der Waals surface area (Å²) in [6.07, 6.45) is 3.28. The van der Waals surface area contributed by atoms with E-state index >= 15 is 0 Å². The molecule has 0 atom stereocenters. The van der Waals surface area contributed by atoms with Crippen LogP contribution in [0.2, 0.25) is 0 Å². The van der Waals surface area contributed by atoms with Crippen LogP contribution < -0.4 is 5.32 Å². The van der Waals surface area contributed by atoms with Crippen LogP contribution in [0.5, 0.6) is 0 Å². The topological polar surface area (TPSA) is 92.9 Å². The number of anilines is 1. The fraction of sp³-hybridized carbons (Fsp3) is 0. The molecule has 0 radical (unpaired) electrons. The number of carbonyl (C=O) groups is 1. The number of aromatic carboxylic acids is 1. The van der Waals surface area contributed by atoms with Gasteiger partial charge in [0.15, 0.2) is 5.82 Å². The third-order valence-electron chi connectivity index (χ3n) is 3.19. The molecule has 3 aromatic rings. The molecule has 8 heteroatoms. The molecule has 0 unspecified atom stereocenters. The van der Waals surface area contributed by atoms with Crippen molar-refractivity contribution in [3.8, 4) is 5.69 Å². The number of carboxylic acids is 1. The highest BCUT2D eigenvalue weighted by atomic mass is 127. The lowest BCUT2D eigenvalue weighted by Crippen LogP contribution is -2.02. The Kier molecular flexibility index (Phi) is 4.85. The van der Waals surface area contributed by atoms with Gasteiger partial charge in [-0.2, -0.15) is 4.68 Å². The van der Waals surface area contributed by atoms with Crippen LogP contribution in [0.25, 0.3) is 11.8 Å². The van der Waals surface area contributed by atoms with Crippen molar-refractivity contribution in [3.63, 3.8) is 0 Å². The van der Waals surface area contributed by atoms with Crippen LogP contribution in [0.15, 0.2) is 54.7 Å². The minimum atomic E-state index is -0.991. The number of hydrogen-bond acceptors (Lipinski definition) is 5. The van der Waals surface area contributed by atoms with Crippen molar-refractivity contribution in [2.45, 2.75) is 0 Å². The zero-order valence-corrected chi connectivity index (χ0v) is 14.5. The van der Waals surface area contributed by atoms with Gasteiger partial charge in [-0.05, 0) is 69.4 Å². The van der Waals surface area contributed by atoms with Crippen LogP contribution in [0, 0.1) is 3.57 Å². The molecule has 7 nitrogen and oxygen atoms in total. The monoisotopic (exact) mass is 433 g/mol. The maximum atomic E-state index is 11.2. The number of hydrogen-bond donors (Lipinski definition) is 2. The van der Waals surface area contributed by atoms with Crippen LogP contribution in [-0.4, -0.2) is 31.3 Å². The molecule has 0 amide bonds. The van der Waals surface area contributed by atoms with Crippen molar-refractivity contribution in [2.75, 3.05) is 5.32 Å². The first-order chi connectivity index (χ1) is 11.6. The Balaban J connectivity index is 1.81. The molecule has 0 fully saturated rings. The Labute approximate surface area is 151 Å². The van der Waals surface area contributed by atoms with Crippen molar-refractivity contribution in [2.24, 2.45) is 0 Å². The standard InChI is InChI=1S/C16H12IN5O2/c17-11-5-7-12(8-6-11)22-15(19-20-21-22)9-10-18-14-4-2-1-3-13(14)16(23)24/h1-10,18H,(H,23,24)/b10-9+. The van der Waals surface area contributed by atoms with Gasteiger partial charge in [0, 0.05) is 15.8 Å². The Bertz CT molecular complexity index is 889. The van der Waals surface area contributed by atoms with Gasteiger partial charge >= 0.3 is 5.97 Å². The molecule has 2 aromatic carbocycles. The highest BCUT2D eigenvalue weighted by Crippen LogP contribution is 2.16. The van der Waals surface area contributed by atoms with Gasteiger partial charge in [0.2, 0.25) is 0 Å². The smallest absolute Gasteiger partial charge is 0.337 e. The average molecular weight is 433 g/mol. The number of halogens is 1. The number of aromatic nitrogens is 4. The van der Waals surface area contributed by atoms with Crippen LogP contribution in [0.3, 0.4) is 0 Å². The van der Waals surface area contributed by atoms with Gasteiger partial charge in [0.05, 0.1) is 16.9 Å². The van der Waals surface area contributed by atoms with E-state index in [1.165, 1.54) is 6.07 Å². The van der Waals surface area contributed by atoms with Gasteiger partial charge < -0.3 is 10.4 Å². The summed E-state index contributed by atoms with van der Waals surface area (Å²) in [4.78, 5) is 11.2. The third kappa shape index (κ3) is 3.59. The summed E-state index contributed by atoms with van der Waals surface area (Å²) < 4.78 is 2.71. The first-order valence-electron chi connectivity index (χ1n) is 6.95. The van der Waals surface area contributed by atoms with E-state index in [0.717, 1.165) is 9.26 Å². The second-order valence-electron chi connectivity index (χ2n) is 4.75. The predicted octanol–water partition coefficient (Wildman–Crippen LogP) is 3.05. The summed E-state index contributed by atoms with van der Waals surface area (Å²) >= 11 is 2.23. The lowest BCUT2D eigenvalue weighted by atomic mass is 10.2. The van der Waals surface area contributed by atoms with Crippen molar-refractivity contribution < 1.29 is 9.90 Å². The molecule has 2 N–H and O–H groups in total. The minimum absolute atomic E-state index is 0.194. The van der Waals surface area contributed by atoms with Crippen LogP contribution in [0.1, 0.15) is 16.2 Å². The van der Waals surface area contributed by atoms with Crippen molar-refractivity contribution in [3.05, 3.63) is 69.7 Å². The third-order valence-corrected chi connectivity index (χ3v) is 3.91. The second kappa shape index (κ2) is 7.21. The highest BCUT2D eigenvalue weighted by molar-refractivity contribution is 14.1. The van der Waals surface area contributed by atoms with Crippen molar-refractivity contribution in [1.82, 2.24) is 20.2 Å². The molecule has 0 aliphatic rings. The molecule has 3 rings (SSSR count). The van der Waals surface area contributed by atoms with Gasteiger partial charge in [0.1, 0.15) is 0 Å². The lowest BCUT2D eigenvalue weighted by molar-refractivity contribution is 0.0698. The summed E-state index contributed by atoms with van der Waals surface area (Å²) in [5.74, 6) is -0.466. The van der Waals surface area contributed by atoms with E-state index in [2.05, 4.69) is 43.4 Å². The molecule has 0 saturated heterocycles. The summed E-state index contributed by atoms with van der Waals surface area (Å²) in [7, 11) is 0. The SMILES string of the molecule is O=C(O)c1ccccc1N/C=C/c1nnnn1-c1ccc(I)cc1. The van der Waals surface area contributed by atoms with Crippen molar-refractivity contribution >= 4 is 40.3 Å². The minimum Gasteiger partial charge on any atom is -0.478 e. The molecule has 1 heterocycles. The molecule has 0 saturated carbocycles. The molecule has 0 aliphatic heterocycles. The maximum Gasteiger partial charge on any atom is 0.337 e. The zero-order valence-electron chi connectivity index (χ0n) is 12.3. The predicted molar refractivity (Wildman–Crippen MR) is 97.9 cm³/mol. The van der Waals surface area contributed by atoms with Crippen molar-refractivity contribution in [1.29, 1.82) is 0 Å².